The van der Waals surface area contributed by atoms with Crippen molar-refractivity contribution >= 4 is 17.5 Å². The normalized spacial score (nSPS) is 17.4. The molecule has 2 N–H and O–H groups in total. The van der Waals surface area contributed by atoms with Gasteiger partial charge in [0, 0.05) is 25.9 Å². The Morgan fingerprint density at radius 3 is 2.89 bits per heavy atom. The van der Waals surface area contributed by atoms with Gasteiger partial charge < -0.3 is 24.6 Å². The van der Waals surface area contributed by atoms with Gasteiger partial charge in [0.05, 0.1) is 25.4 Å². The molecule has 7 nitrogen and oxygen atoms in total. The fourth-order valence-corrected chi connectivity index (χ4v) is 3.52. The average Bonchev–Trinajstić information content (AvgIpc) is 2.68. The fourth-order valence-electron chi connectivity index (χ4n) is 3.52. The van der Waals surface area contributed by atoms with Gasteiger partial charge in [0.25, 0.3) is 5.91 Å². The Morgan fingerprint density at radius 1 is 1.26 bits per heavy atom. The number of rotatable bonds is 8. The lowest BCUT2D eigenvalue weighted by Gasteiger charge is -2.29. The van der Waals surface area contributed by atoms with Crippen LogP contribution in [0, 0.1) is 6.92 Å². The minimum Gasteiger partial charge on any atom is -0.482 e. The Bertz CT molecular complexity index is 659. The molecule has 0 atom stereocenters. The van der Waals surface area contributed by atoms with Crippen molar-refractivity contribution < 1.29 is 24.0 Å². The number of carbonyl (C=O) groups is 2. The van der Waals surface area contributed by atoms with Crippen molar-refractivity contribution in [2.45, 2.75) is 26.2 Å². The third-order valence-electron chi connectivity index (χ3n) is 5.07. The highest BCUT2D eigenvalue weighted by molar-refractivity contribution is 5.97. The Kier molecular flexibility index (Phi) is 7.06. The van der Waals surface area contributed by atoms with Crippen molar-refractivity contribution in [1.82, 2.24) is 5.32 Å². The zero-order valence-corrected chi connectivity index (χ0v) is 16.1. The summed E-state index contributed by atoms with van der Waals surface area (Å²) in [5, 5.41) is 2.99. The van der Waals surface area contributed by atoms with Crippen molar-refractivity contribution in [3.05, 3.63) is 23.8 Å². The second kappa shape index (κ2) is 9.71. The molecule has 7 heteroatoms. The summed E-state index contributed by atoms with van der Waals surface area (Å²) < 4.78 is 10.8. The van der Waals surface area contributed by atoms with E-state index in [9.17, 15) is 9.59 Å². The van der Waals surface area contributed by atoms with Crippen molar-refractivity contribution in [1.29, 1.82) is 0 Å². The maximum atomic E-state index is 12.2. The second-order valence-electron chi connectivity index (χ2n) is 7.22. The highest BCUT2D eigenvalue weighted by Crippen LogP contribution is 2.32. The Balaban J connectivity index is 1.36. The van der Waals surface area contributed by atoms with Crippen LogP contribution < -0.4 is 19.9 Å². The topological polar surface area (TPSA) is 72.3 Å². The number of ether oxygens (including phenoxy) is 2. The zero-order chi connectivity index (χ0) is 19.1. The second-order valence-corrected chi connectivity index (χ2v) is 7.22. The van der Waals surface area contributed by atoms with Gasteiger partial charge in [-0.3, -0.25) is 9.59 Å². The van der Waals surface area contributed by atoms with Crippen LogP contribution in [0.15, 0.2) is 18.2 Å². The smallest absolute Gasteiger partial charge is 0.265 e. The van der Waals surface area contributed by atoms with Gasteiger partial charge in [-0.1, -0.05) is 6.07 Å². The van der Waals surface area contributed by atoms with E-state index in [1.165, 1.54) is 0 Å². The summed E-state index contributed by atoms with van der Waals surface area (Å²) in [6.45, 7) is 8.16. The summed E-state index contributed by atoms with van der Waals surface area (Å²) >= 11 is 0. The van der Waals surface area contributed by atoms with Crippen LogP contribution in [0.4, 0.5) is 5.69 Å². The molecular weight excluding hydrogens is 346 g/mol. The number of morpholine rings is 1. The van der Waals surface area contributed by atoms with E-state index in [1.54, 1.807) is 9.80 Å². The van der Waals surface area contributed by atoms with Crippen LogP contribution in [0.25, 0.3) is 0 Å². The van der Waals surface area contributed by atoms with Crippen LogP contribution in [0.5, 0.6) is 5.75 Å². The molecule has 0 unspecified atom stereocenters. The largest absolute Gasteiger partial charge is 0.482 e. The van der Waals surface area contributed by atoms with Gasteiger partial charge in [-0.15, -0.1) is 0 Å². The van der Waals surface area contributed by atoms with Crippen LogP contribution in [-0.2, 0) is 14.3 Å². The summed E-state index contributed by atoms with van der Waals surface area (Å²) in [5.74, 6) is 0.731. The first-order chi connectivity index (χ1) is 13.1. The summed E-state index contributed by atoms with van der Waals surface area (Å²) in [6, 6.07) is 5.83. The number of hydrogen-bond donors (Lipinski definition) is 2. The number of benzene rings is 1. The first kappa shape index (κ1) is 19.6. The number of nitrogens with one attached hydrogen (secondary N) is 2. The van der Waals surface area contributed by atoms with E-state index < -0.39 is 0 Å². The predicted molar refractivity (Wildman–Crippen MR) is 102 cm³/mol. The number of anilines is 1. The monoisotopic (exact) mass is 376 g/mol. The third-order valence-corrected chi connectivity index (χ3v) is 5.07. The highest BCUT2D eigenvalue weighted by atomic mass is 16.5. The van der Waals surface area contributed by atoms with Gasteiger partial charge >= 0.3 is 0 Å². The molecule has 2 amide bonds. The lowest BCUT2D eigenvalue weighted by molar-refractivity contribution is -0.908. The van der Waals surface area contributed by atoms with E-state index in [0.29, 0.717) is 25.9 Å². The van der Waals surface area contributed by atoms with Crippen molar-refractivity contribution in [3.63, 3.8) is 0 Å². The van der Waals surface area contributed by atoms with E-state index in [2.05, 4.69) is 5.32 Å². The molecule has 148 valence electrons. The third kappa shape index (κ3) is 5.68. The number of quaternary nitrogens is 1. The SMILES string of the molecule is Cc1ccc2c(c1)N(CCCC(=O)NCCC[NH+]1CCOCC1)C(=O)CO2. The maximum Gasteiger partial charge on any atom is 0.265 e. The fraction of sp³-hybridized carbons (Fsp3) is 0.600. The molecule has 2 heterocycles. The summed E-state index contributed by atoms with van der Waals surface area (Å²) in [6.07, 6.45) is 2.05. The van der Waals surface area contributed by atoms with Gasteiger partial charge in [0.1, 0.15) is 18.8 Å². The first-order valence-corrected chi connectivity index (χ1v) is 9.85. The van der Waals surface area contributed by atoms with Gasteiger partial charge in [-0.05, 0) is 31.0 Å². The van der Waals surface area contributed by atoms with Gasteiger partial charge in [-0.25, -0.2) is 0 Å². The molecule has 0 spiro atoms. The maximum absolute atomic E-state index is 12.2. The van der Waals surface area contributed by atoms with E-state index in [4.69, 9.17) is 9.47 Å². The molecule has 2 aliphatic rings. The molecule has 1 saturated heterocycles. The van der Waals surface area contributed by atoms with Gasteiger partial charge in [0.15, 0.2) is 6.61 Å². The Hall–Kier alpha value is -2.12. The molecule has 0 aromatic heterocycles. The molecule has 2 aliphatic heterocycles. The van der Waals surface area contributed by atoms with Crippen molar-refractivity contribution in [3.8, 4) is 5.75 Å². The first-order valence-electron chi connectivity index (χ1n) is 9.85. The lowest BCUT2D eigenvalue weighted by Crippen LogP contribution is -3.14. The number of carbonyl (C=O) groups excluding carboxylic acids is 2. The van der Waals surface area contributed by atoms with E-state index in [0.717, 1.165) is 56.3 Å². The molecule has 3 rings (SSSR count). The minimum absolute atomic E-state index is 0.0529. The standard InChI is InChI=1S/C20H29N3O4/c1-16-5-6-18-17(14-16)23(20(25)15-27-18)9-2-4-19(24)21-7-3-8-22-10-12-26-13-11-22/h5-6,14H,2-4,7-13,15H2,1H3,(H,21,24)/p+1. The van der Waals surface area contributed by atoms with Crippen LogP contribution >= 0.6 is 0 Å². The Morgan fingerprint density at radius 2 is 2.07 bits per heavy atom. The number of fused-ring (bicyclic) bond motifs is 1. The number of aryl methyl sites for hydroxylation is 1. The predicted octanol–water partition coefficient (Wildman–Crippen LogP) is -0.0780. The molecule has 0 radical (unpaired) electrons. The van der Waals surface area contributed by atoms with E-state index in [-0.39, 0.29) is 18.4 Å². The molecular formula is C20H30N3O4+. The zero-order valence-electron chi connectivity index (χ0n) is 16.1. The molecule has 0 bridgehead atoms. The lowest BCUT2D eigenvalue weighted by atomic mass is 10.1. The van der Waals surface area contributed by atoms with Crippen LogP contribution in [0.1, 0.15) is 24.8 Å². The minimum atomic E-state index is -0.0537. The summed E-state index contributed by atoms with van der Waals surface area (Å²) in [4.78, 5) is 27.5. The average molecular weight is 376 g/mol. The van der Waals surface area contributed by atoms with E-state index in [1.807, 2.05) is 25.1 Å². The van der Waals surface area contributed by atoms with Crippen LogP contribution in [0.2, 0.25) is 0 Å². The quantitative estimate of drug-likeness (QED) is 0.623. The number of hydrogen-bond acceptors (Lipinski definition) is 4. The molecule has 1 fully saturated rings. The van der Waals surface area contributed by atoms with Crippen LogP contribution in [-0.4, -0.2) is 64.4 Å². The molecule has 0 aliphatic carbocycles. The van der Waals surface area contributed by atoms with E-state index >= 15 is 0 Å². The number of nitrogens with zero attached hydrogens (tertiary/aromatic N) is 1. The molecule has 27 heavy (non-hydrogen) atoms. The number of amides is 2. The van der Waals surface area contributed by atoms with Gasteiger partial charge in [0.2, 0.25) is 5.91 Å². The highest BCUT2D eigenvalue weighted by Gasteiger charge is 2.25. The Labute approximate surface area is 160 Å². The van der Waals surface area contributed by atoms with Crippen molar-refractivity contribution in [2.75, 3.05) is 57.4 Å². The summed E-state index contributed by atoms with van der Waals surface area (Å²) in [5.41, 5.74) is 1.89. The molecule has 0 saturated carbocycles. The van der Waals surface area contributed by atoms with Gasteiger partial charge in [-0.2, -0.15) is 0 Å². The van der Waals surface area contributed by atoms with Crippen molar-refractivity contribution in [2.24, 2.45) is 0 Å². The molecule has 1 aromatic rings. The summed E-state index contributed by atoms with van der Waals surface area (Å²) in [7, 11) is 0. The molecule has 1 aromatic carbocycles. The van der Waals surface area contributed by atoms with Crippen LogP contribution in [0.3, 0.4) is 0 Å².